The summed E-state index contributed by atoms with van der Waals surface area (Å²) in [5.74, 6) is 0. The van der Waals surface area contributed by atoms with Gasteiger partial charge >= 0.3 is 7.66 Å². The second kappa shape index (κ2) is 3.98. The van der Waals surface area contributed by atoms with Gasteiger partial charge in [-0.25, -0.2) is 0 Å². The van der Waals surface area contributed by atoms with E-state index >= 15 is 0 Å². The molecule has 0 fully saturated rings. The lowest BCUT2D eigenvalue weighted by atomic mass is 10.9. The molecule has 0 amide bonds. The first-order chi connectivity index (χ1) is 3.13. The number of halogens is 3. The first-order valence-corrected chi connectivity index (χ1v) is 6.10. The normalized spacial score (nSPS) is 15.0. The van der Waals surface area contributed by atoms with Crippen molar-refractivity contribution in [1.82, 2.24) is 0 Å². The number of rotatable bonds is 2. The molecule has 0 bridgehead atoms. The van der Waals surface area contributed by atoms with Crippen molar-refractivity contribution in [3.8, 4) is 0 Å². The zero-order chi connectivity index (χ0) is 5.86. The van der Waals surface area contributed by atoms with Gasteiger partial charge in [-0.05, 0) is 6.92 Å². The molecule has 0 heterocycles. The van der Waals surface area contributed by atoms with Crippen LogP contribution in [0.25, 0.3) is 0 Å². The van der Waals surface area contributed by atoms with E-state index in [1.54, 1.807) is 6.92 Å². The van der Waals surface area contributed by atoms with Crippen LogP contribution in [0.2, 0.25) is 0 Å². The SMILES string of the molecule is CC(Cl)O[SiH](Cl)Cl. The molecule has 1 nitrogen and oxygen atoms in total. The summed E-state index contributed by atoms with van der Waals surface area (Å²) in [4.78, 5) is 0. The van der Waals surface area contributed by atoms with Crippen LogP contribution in [0.5, 0.6) is 0 Å². The smallest absolute Gasteiger partial charge is 0.374 e. The van der Waals surface area contributed by atoms with Gasteiger partial charge in [-0.1, -0.05) is 11.6 Å². The molecule has 1 atom stereocenters. The molecule has 0 saturated heterocycles. The summed E-state index contributed by atoms with van der Waals surface area (Å²) in [6, 6.07) is 0. The fraction of sp³-hybridized carbons (Fsp3) is 1.00. The molecule has 0 aliphatic carbocycles. The Morgan fingerprint density at radius 1 is 1.57 bits per heavy atom. The largest absolute Gasteiger partial charge is 0.378 e. The van der Waals surface area contributed by atoms with E-state index in [2.05, 4.69) is 4.43 Å². The monoisotopic (exact) mass is 178 g/mol. The minimum Gasteiger partial charge on any atom is -0.378 e. The summed E-state index contributed by atoms with van der Waals surface area (Å²) in [5.41, 5.74) is -0.355. The van der Waals surface area contributed by atoms with E-state index < -0.39 is 7.66 Å². The van der Waals surface area contributed by atoms with E-state index in [0.717, 1.165) is 0 Å². The molecule has 0 N–H and O–H groups in total. The summed E-state index contributed by atoms with van der Waals surface area (Å²) >= 11 is 15.9. The highest BCUT2D eigenvalue weighted by molar-refractivity contribution is 7.30. The Balaban J connectivity index is 2.95. The van der Waals surface area contributed by atoms with Crippen molar-refractivity contribution in [2.24, 2.45) is 0 Å². The van der Waals surface area contributed by atoms with E-state index in [-0.39, 0.29) is 5.56 Å². The van der Waals surface area contributed by atoms with Crippen LogP contribution in [-0.4, -0.2) is 13.2 Å². The number of alkyl halides is 1. The molecule has 0 spiro atoms. The quantitative estimate of drug-likeness (QED) is 0.357. The van der Waals surface area contributed by atoms with E-state index in [0.29, 0.717) is 0 Å². The van der Waals surface area contributed by atoms with Crippen LogP contribution >= 0.6 is 33.8 Å². The predicted octanol–water partition coefficient (Wildman–Crippen LogP) is 1.78. The van der Waals surface area contributed by atoms with Crippen molar-refractivity contribution in [2.45, 2.75) is 12.5 Å². The van der Waals surface area contributed by atoms with Crippen molar-refractivity contribution in [3.63, 3.8) is 0 Å². The average molecular weight is 180 g/mol. The van der Waals surface area contributed by atoms with E-state index in [1.165, 1.54) is 0 Å². The topological polar surface area (TPSA) is 9.23 Å². The van der Waals surface area contributed by atoms with Crippen LogP contribution in [0, 0.1) is 0 Å². The van der Waals surface area contributed by atoms with Crippen LogP contribution < -0.4 is 0 Å². The molecule has 1 unspecified atom stereocenters. The fourth-order valence-corrected chi connectivity index (χ4v) is 1.98. The van der Waals surface area contributed by atoms with E-state index in [1.807, 2.05) is 0 Å². The molecule has 7 heavy (non-hydrogen) atoms. The second-order valence-electron chi connectivity index (χ2n) is 0.940. The third-order valence-corrected chi connectivity index (χ3v) is 1.80. The fourth-order valence-electron chi connectivity index (χ4n) is 0.142. The van der Waals surface area contributed by atoms with Gasteiger partial charge in [0.1, 0.15) is 5.56 Å². The Morgan fingerprint density at radius 2 is 2.00 bits per heavy atom. The summed E-state index contributed by atoms with van der Waals surface area (Å²) in [6.45, 7) is 1.67. The van der Waals surface area contributed by atoms with Crippen molar-refractivity contribution >= 4 is 41.4 Å². The van der Waals surface area contributed by atoms with Gasteiger partial charge in [0.2, 0.25) is 0 Å². The van der Waals surface area contributed by atoms with Crippen LogP contribution in [0.15, 0.2) is 0 Å². The minimum absolute atomic E-state index is 0.355. The molecule has 0 aliphatic rings. The summed E-state index contributed by atoms with van der Waals surface area (Å²) in [7, 11) is -1.92. The first-order valence-electron chi connectivity index (χ1n) is 1.70. The van der Waals surface area contributed by atoms with Gasteiger partial charge in [0.25, 0.3) is 0 Å². The lowest BCUT2D eigenvalue weighted by molar-refractivity contribution is 0.323. The van der Waals surface area contributed by atoms with Gasteiger partial charge < -0.3 is 4.43 Å². The van der Waals surface area contributed by atoms with Crippen LogP contribution in [0.3, 0.4) is 0 Å². The average Bonchev–Trinajstić information content (AvgIpc) is 1.27. The van der Waals surface area contributed by atoms with Crippen molar-refractivity contribution in [2.75, 3.05) is 0 Å². The van der Waals surface area contributed by atoms with Crippen LogP contribution in [0.1, 0.15) is 6.92 Å². The second-order valence-corrected chi connectivity index (χ2v) is 5.40. The minimum atomic E-state index is -1.92. The molecule has 0 aromatic heterocycles. The third kappa shape index (κ3) is 7.05. The summed E-state index contributed by atoms with van der Waals surface area (Å²) in [6.07, 6.45) is 0. The van der Waals surface area contributed by atoms with Gasteiger partial charge in [0.05, 0.1) is 0 Å². The molecule has 0 radical (unpaired) electrons. The third-order valence-electron chi connectivity index (χ3n) is 0.290. The van der Waals surface area contributed by atoms with E-state index in [4.69, 9.17) is 33.8 Å². The molecule has 5 heteroatoms. The molecule has 0 saturated carbocycles. The molecule has 0 rings (SSSR count). The maximum absolute atomic E-state index is 5.32. The van der Waals surface area contributed by atoms with Gasteiger partial charge in [-0.3, -0.25) is 0 Å². The number of hydrogen-bond donors (Lipinski definition) is 0. The maximum Gasteiger partial charge on any atom is 0.374 e. The van der Waals surface area contributed by atoms with Crippen LogP contribution in [0.4, 0.5) is 0 Å². The highest BCUT2D eigenvalue weighted by Crippen LogP contribution is 2.04. The first kappa shape index (κ1) is 8.05. The standard InChI is InChI=1S/C2H5Cl3OSi/c1-2(3)6-7(4)5/h2,7H,1H3. The molecule has 0 aromatic carbocycles. The van der Waals surface area contributed by atoms with Crippen molar-refractivity contribution in [1.29, 1.82) is 0 Å². The maximum atomic E-state index is 5.32. The molecule has 0 aromatic rings. The van der Waals surface area contributed by atoms with Crippen molar-refractivity contribution < 1.29 is 4.43 Å². The zero-order valence-electron chi connectivity index (χ0n) is 3.70. The highest BCUT2D eigenvalue weighted by Gasteiger charge is 2.04. The van der Waals surface area contributed by atoms with Crippen LogP contribution in [-0.2, 0) is 4.43 Å². The summed E-state index contributed by atoms with van der Waals surface area (Å²) in [5, 5.41) is 0. The van der Waals surface area contributed by atoms with Gasteiger partial charge in [0.15, 0.2) is 0 Å². The van der Waals surface area contributed by atoms with Gasteiger partial charge in [0, 0.05) is 0 Å². The van der Waals surface area contributed by atoms with E-state index in [9.17, 15) is 0 Å². The Labute approximate surface area is 58.6 Å². The Kier molecular flexibility index (Phi) is 4.57. The lowest BCUT2D eigenvalue weighted by Crippen LogP contribution is -2.07. The van der Waals surface area contributed by atoms with Gasteiger partial charge in [-0.2, -0.15) is 0 Å². The lowest BCUT2D eigenvalue weighted by Gasteiger charge is -2.02. The molecule has 0 aliphatic heterocycles. The highest BCUT2D eigenvalue weighted by atomic mass is 35.7. The number of hydrogen-bond acceptors (Lipinski definition) is 1. The molecular formula is C2H5Cl3OSi. The molecular weight excluding hydrogens is 174 g/mol. The Bertz CT molecular complexity index is 42.2. The Morgan fingerprint density at radius 3 is 2.00 bits per heavy atom. The molecule has 44 valence electrons. The predicted molar refractivity (Wildman–Crippen MR) is 35.3 cm³/mol. The Hall–Kier alpha value is 1.05. The zero-order valence-corrected chi connectivity index (χ0v) is 7.12. The van der Waals surface area contributed by atoms with Gasteiger partial charge in [-0.15, -0.1) is 22.2 Å². The summed E-state index contributed by atoms with van der Waals surface area (Å²) < 4.78 is 4.69. The van der Waals surface area contributed by atoms with Crippen molar-refractivity contribution in [3.05, 3.63) is 0 Å².